The Labute approximate surface area is 200 Å². The number of hydrogen-bond acceptors (Lipinski definition) is 7. The second kappa shape index (κ2) is 20.5. The molecule has 198 valence electrons. The molecule has 33 heavy (non-hydrogen) atoms. The standard InChI is InChI=1S/C24H49FN2O6/c1-7-20(3)23(28)27-19-22(25)24(5,6)33-18-17-32-16-15-31-14-13-30-12-11-29-10-9-26-21(4)8-2/h20-22,26H,7-19H2,1-6H3,(H,27,28). The minimum atomic E-state index is -1.30. The minimum Gasteiger partial charge on any atom is -0.378 e. The van der Waals surface area contributed by atoms with Crippen LogP contribution >= 0.6 is 0 Å². The first-order chi connectivity index (χ1) is 15.7. The number of carbonyl (C=O) groups excluding carboxylic acids is 1. The number of amides is 1. The van der Waals surface area contributed by atoms with Crippen LogP contribution in [0.3, 0.4) is 0 Å². The molecule has 0 bridgehead atoms. The molecule has 0 fully saturated rings. The Morgan fingerprint density at radius 2 is 1.30 bits per heavy atom. The number of carbonyl (C=O) groups is 1. The molecule has 8 nitrogen and oxygen atoms in total. The first-order valence-electron chi connectivity index (χ1n) is 12.3. The van der Waals surface area contributed by atoms with Crippen molar-refractivity contribution in [3.05, 3.63) is 0 Å². The first-order valence-corrected chi connectivity index (χ1v) is 12.3. The molecule has 0 heterocycles. The fourth-order valence-corrected chi connectivity index (χ4v) is 2.53. The van der Waals surface area contributed by atoms with E-state index in [0.717, 1.165) is 19.4 Å². The van der Waals surface area contributed by atoms with E-state index in [9.17, 15) is 9.18 Å². The Morgan fingerprint density at radius 1 is 0.818 bits per heavy atom. The van der Waals surface area contributed by atoms with Crippen molar-refractivity contribution in [2.75, 3.05) is 72.6 Å². The van der Waals surface area contributed by atoms with E-state index in [-0.39, 0.29) is 25.0 Å². The van der Waals surface area contributed by atoms with Gasteiger partial charge in [-0.2, -0.15) is 0 Å². The third-order valence-electron chi connectivity index (χ3n) is 5.44. The van der Waals surface area contributed by atoms with Gasteiger partial charge in [-0.15, -0.1) is 0 Å². The number of hydrogen-bond donors (Lipinski definition) is 2. The highest BCUT2D eigenvalue weighted by atomic mass is 19.1. The van der Waals surface area contributed by atoms with Crippen molar-refractivity contribution in [3.8, 4) is 0 Å². The van der Waals surface area contributed by atoms with Gasteiger partial charge >= 0.3 is 0 Å². The molecule has 0 aliphatic heterocycles. The van der Waals surface area contributed by atoms with Crippen molar-refractivity contribution in [2.45, 2.75) is 72.2 Å². The van der Waals surface area contributed by atoms with Gasteiger partial charge in [0.2, 0.25) is 5.91 Å². The summed E-state index contributed by atoms with van der Waals surface area (Å²) in [7, 11) is 0. The molecule has 9 heteroatoms. The molecule has 3 atom stereocenters. The zero-order valence-corrected chi connectivity index (χ0v) is 21.8. The van der Waals surface area contributed by atoms with Gasteiger partial charge in [0.15, 0.2) is 0 Å². The molecule has 0 saturated heterocycles. The molecule has 0 aromatic rings. The van der Waals surface area contributed by atoms with E-state index < -0.39 is 11.8 Å². The van der Waals surface area contributed by atoms with Crippen molar-refractivity contribution in [1.82, 2.24) is 10.6 Å². The summed E-state index contributed by atoms with van der Waals surface area (Å²) in [6.07, 6.45) is 0.531. The maximum absolute atomic E-state index is 14.4. The maximum Gasteiger partial charge on any atom is 0.222 e. The largest absolute Gasteiger partial charge is 0.378 e. The quantitative estimate of drug-likeness (QED) is 0.218. The van der Waals surface area contributed by atoms with E-state index >= 15 is 0 Å². The number of nitrogens with one attached hydrogen (secondary N) is 2. The highest BCUT2D eigenvalue weighted by molar-refractivity contribution is 5.78. The Bertz CT molecular complexity index is 470. The van der Waals surface area contributed by atoms with Crippen molar-refractivity contribution in [1.29, 1.82) is 0 Å². The molecule has 0 spiro atoms. The van der Waals surface area contributed by atoms with Crippen LogP contribution < -0.4 is 10.6 Å². The van der Waals surface area contributed by atoms with Crippen molar-refractivity contribution in [3.63, 3.8) is 0 Å². The second-order valence-corrected chi connectivity index (χ2v) is 8.69. The van der Waals surface area contributed by atoms with Crippen molar-refractivity contribution < 1.29 is 32.9 Å². The lowest BCUT2D eigenvalue weighted by molar-refractivity contribution is -0.126. The zero-order valence-electron chi connectivity index (χ0n) is 21.8. The summed E-state index contributed by atoms with van der Waals surface area (Å²) >= 11 is 0. The second-order valence-electron chi connectivity index (χ2n) is 8.69. The van der Waals surface area contributed by atoms with Gasteiger partial charge in [0.1, 0.15) is 6.17 Å². The molecule has 0 aliphatic rings. The maximum atomic E-state index is 14.4. The minimum absolute atomic E-state index is 0.0610. The first kappa shape index (κ1) is 32.2. The van der Waals surface area contributed by atoms with Crippen molar-refractivity contribution >= 4 is 5.91 Å². The normalized spacial score (nSPS) is 14.8. The molecule has 0 aliphatic carbocycles. The van der Waals surface area contributed by atoms with E-state index in [1.165, 1.54) is 0 Å². The highest BCUT2D eigenvalue weighted by Crippen LogP contribution is 2.17. The molecular weight excluding hydrogens is 431 g/mol. The molecule has 0 aromatic carbocycles. The summed E-state index contributed by atoms with van der Waals surface area (Å²) in [5.74, 6) is -0.257. The van der Waals surface area contributed by atoms with Crippen molar-refractivity contribution in [2.24, 2.45) is 5.92 Å². The van der Waals surface area contributed by atoms with Gasteiger partial charge in [-0.05, 0) is 33.6 Å². The van der Waals surface area contributed by atoms with Crippen LogP contribution in [0.2, 0.25) is 0 Å². The Hall–Kier alpha value is -0.840. The van der Waals surface area contributed by atoms with Crippen LogP contribution in [0.5, 0.6) is 0 Å². The van der Waals surface area contributed by atoms with Gasteiger partial charge in [0, 0.05) is 18.5 Å². The van der Waals surface area contributed by atoms with Crippen LogP contribution in [0.25, 0.3) is 0 Å². The topological polar surface area (TPSA) is 87.3 Å². The molecule has 1 amide bonds. The van der Waals surface area contributed by atoms with Gasteiger partial charge in [-0.1, -0.05) is 20.8 Å². The Balaban J connectivity index is 3.49. The molecule has 0 radical (unpaired) electrons. The zero-order chi connectivity index (χ0) is 25.0. The summed E-state index contributed by atoms with van der Waals surface area (Å²) in [4.78, 5) is 11.8. The predicted octanol–water partition coefficient (Wildman–Crippen LogP) is 2.74. The van der Waals surface area contributed by atoms with E-state index in [1.54, 1.807) is 13.8 Å². The fraction of sp³-hybridized carbons (Fsp3) is 0.958. The summed E-state index contributed by atoms with van der Waals surface area (Å²) in [5.41, 5.74) is -1.01. The van der Waals surface area contributed by atoms with E-state index in [2.05, 4.69) is 24.5 Å². The molecular formula is C24H49FN2O6. The molecule has 3 unspecified atom stereocenters. The number of rotatable bonds is 23. The number of halogens is 1. The van der Waals surface area contributed by atoms with E-state index in [1.807, 2.05) is 13.8 Å². The van der Waals surface area contributed by atoms with Gasteiger partial charge < -0.3 is 34.3 Å². The van der Waals surface area contributed by atoms with Crippen LogP contribution in [0.1, 0.15) is 54.4 Å². The van der Waals surface area contributed by atoms with Crippen LogP contribution in [0.4, 0.5) is 4.39 Å². The number of alkyl halides is 1. The van der Waals surface area contributed by atoms with Gasteiger partial charge in [-0.25, -0.2) is 4.39 Å². The average molecular weight is 481 g/mol. The summed E-state index contributed by atoms with van der Waals surface area (Å²) < 4.78 is 41.8. The molecule has 0 aromatic heterocycles. The third-order valence-corrected chi connectivity index (χ3v) is 5.44. The van der Waals surface area contributed by atoms with Gasteiger partial charge in [0.05, 0.1) is 71.6 Å². The predicted molar refractivity (Wildman–Crippen MR) is 128 cm³/mol. The van der Waals surface area contributed by atoms with E-state index in [4.69, 9.17) is 23.7 Å². The van der Waals surface area contributed by atoms with Gasteiger partial charge in [-0.3, -0.25) is 4.79 Å². The smallest absolute Gasteiger partial charge is 0.222 e. The molecule has 0 rings (SSSR count). The SMILES string of the molecule is CCC(C)NCCOCCOCCOCCOCCOC(C)(C)C(F)CNC(=O)C(C)CC. The highest BCUT2D eigenvalue weighted by Gasteiger charge is 2.31. The van der Waals surface area contributed by atoms with Crippen LogP contribution in [-0.4, -0.2) is 96.3 Å². The number of ether oxygens (including phenoxy) is 5. The lowest BCUT2D eigenvalue weighted by atomic mass is 10.0. The lowest BCUT2D eigenvalue weighted by Gasteiger charge is -2.29. The lowest BCUT2D eigenvalue weighted by Crippen LogP contribution is -2.45. The van der Waals surface area contributed by atoms with Crippen LogP contribution in [-0.2, 0) is 28.5 Å². The molecule has 0 saturated carbocycles. The Morgan fingerprint density at radius 3 is 1.79 bits per heavy atom. The molecule has 2 N–H and O–H groups in total. The van der Waals surface area contributed by atoms with Gasteiger partial charge in [0.25, 0.3) is 0 Å². The monoisotopic (exact) mass is 480 g/mol. The van der Waals surface area contributed by atoms with Crippen LogP contribution in [0.15, 0.2) is 0 Å². The fourth-order valence-electron chi connectivity index (χ4n) is 2.53. The summed E-state index contributed by atoms with van der Waals surface area (Å²) in [6, 6.07) is 0.521. The average Bonchev–Trinajstić information content (AvgIpc) is 2.80. The summed E-state index contributed by atoms with van der Waals surface area (Å²) in [5, 5.41) is 6.00. The third kappa shape index (κ3) is 18.2. The Kier molecular flexibility index (Phi) is 20.0. The van der Waals surface area contributed by atoms with Crippen LogP contribution in [0, 0.1) is 5.92 Å². The van der Waals surface area contributed by atoms with E-state index in [0.29, 0.717) is 58.9 Å². The summed E-state index contributed by atoms with van der Waals surface area (Å²) in [6.45, 7) is 16.5.